The van der Waals surface area contributed by atoms with E-state index in [1.807, 2.05) is 0 Å². The summed E-state index contributed by atoms with van der Waals surface area (Å²) in [5, 5.41) is 11.4. The van der Waals surface area contributed by atoms with Crippen LogP contribution in [0.15, 0.2) is 12.4 Å². The molecule has 6 nitrogen and oxygen atoms in total. The quantitative estimate of drug-likeness (QED) is 0.733. The van der Waals surface area contributed by atoms with Crippen LogP contribution >= 0.6 is 0 Å². The van der Waals surface area contributed by atoms with Crippen LogP contribution < -0.4 is 10.2 Å². The molecule has 0 aliphatic rings. The van der Waals surface area contributed by atoms with Crippen molar-refractivity contribution in [3.63, 3.8) is 0 Å². The van der Waals surface area contributed by atoms with Crippen molar-refractivity contribution in [2.24, 2.45) is 0 Å². The van der Waals surface area contributed by atoms with E-state index in [-0.39, 0.29) is 6.42 Å². The van der Waals surface area contributed by atoms with Crippen LogP contribution in [0, 0.1) is 0 Å². The van der Waals surface area contributed by atoms with Crippen LogP contribution in [0.3, 0.4) is 0 Å². The molecule has 0 fully saturated rings. The lowest BCUT2D eigenvalue weighted by atomic mass is 10.4. The summed E-state index contributed by atoms with van der Waals surface area (Å²) in [5.74, 6) is 0.600. The number of hydrogen-bond donors (Lipinski definition) is 2. The molecule has 0 amide bonds. The van der Waals surface area contributed by atoms with Crippen molar-refractivity contribution >= 4 is 17.6 Å². The summed E-state index contributed by atoms with van der Waals surface area (Å²) in [6.07, 6.45) is 1.54. The number of carbonyl (C=O) groups is 1. The molecule has 2 N–H and O–H groups in total. The first-order valence-corrected chi connectivity index (χ1v) is 4.56. The van der Waals surface area contributed by atoms with Gasteiger partial charge < -0.3 is 15.3 Å². The Kier molecular flexibility index (Phi) is 3.84. The maximum absolute atomic E-state index is 10.4. The van der Waals surface area contributed by atoms with Gasteiger partial charge in [0.2, 0.25) is 0 Å². The summed E-state index contributed by atoms with van der Waals surface area (Å²) >= 11 is 0. The lowest BCUT2D eigenvalue weighted by molar-refractivity contribution is -0.136. The fourth-order valence-electron chi connectivity index (χ4n) is 1.07. The molecule has 0 aliphatic heterocycles. The Hall–Kier alpha value is -1.85. The molecule has 0 atom stereocenters. The third kappa shape index (κ3) is 3.41. The summed E-state index contributed by atoms with van der Waals surface area (Å²) < 4.78 is 0. The number of nitrogens with zero attached hydrogens (tertiary/aromatic N) is 3. The molecule has 0 saturated carbocycles. The van der Waals surface area contributed by atoms with Crippen LogP contribution in [0.1, 0.15) is 6.42 Å². The van der Waals surface area contributed by atoms with E-state index in [2.05, 4.69) is 15.3 Å². The Morgan fingerprint density at radius 3 is 2.93 bits per heavy atom. The Bertz CT molecular complexity index is 343. The van der Waals surface area contributed by atoms with Gasteiger partial charge in [-0.25, -0.2) is 9.97 Å². The Labute approximate surface area is 88.0 Å². The first-order valence-electron chi connectivity index (χ1n) is 4.56. The van der Waals surface area contributed by atoms with Crippen molar-refractivity contribution in [2.45, 2.75) is 6.42 Å². The van der Waals surface area contributed by atoms with Crippen molar-refractivity contribution < 1.29 is 9.90 Å². The second-order valence-corrected chi connectivity index (χ2v) is 3.08. The zero-order valence-corrected chi connectivity index (χ0v) is 8.77. The molecular weight excluding hydrogens is 196 g/mol. The highest BCUT2D eigenvalue weighted by atomic mass is 16.4. The van der Waals surface area contributed by atoms with Gasteiger partial charge in [-0.05, 0) is 0 Å². The predicted octanol–water partition coefficient (Wildman–Crippen LogP) is 0.429. The summed E-state index contributed by atoms with van der Waals surface area (Å²) in [7, 11) is 3.56. The summed E-state index contributed by atoms with van der Waals surface area (Å²) in [6, 6.07) is 1.77. The molecule has 0 aliphatic carbocycles. The Balaban J connectivity index is 2.64. The highest BCUT2D eigenvalue weighted by Crippen LogP contribution is 2.11. The topological polar surface area (TPSA) is 78.4 Å². The Morgan fingerprint density at radius 2 is 2.33 bits per heavy atom. The average molecular weight is 210 g/mol. The molecule has 15 heavy (non-hydrogen) atoms. The molecule has 0 aromatic carbocycles. The van der Waals surface area contributed by atoms with Gasteiger partial charge in [0.15, 0.2) is 0 Å². The van der Waals surface area contributed by atoms with E-state index >= 15 is 0 Å². The molecule has 1 heterocycles. The van der Waals surface area contributed by atoms with E-state index in [4.69, 9.17) is 5.11 Å². The van der Waals surface area contributed by atoms with E-state index in [9.17, 15) is 4.79 Å². The summed E-state index contributed by atoms with van der Waals surface area (Å²) in [5.41, 5.74) is 0. The third-order valence-electron chi connectivity index (χ3n) is 1.96. The summed E-state index contributed by atoms with van der Waals surface area (Å²) in [6.45, 7) is 0.426. The van der Waals surface area contributed by atoms with Crippen molar-refractivity contribution in [3.05, 3.63) is 12.4 Å². The van der Waals surface area contributed by atoms with Crippen LogP contribution in [0.5, 0.6) is 0 Å². The van der Waals surface area contributed by atoms with Gasteiger partial charge in [0.25, 0.3) is 0 Å². The molecule has 0 spiro atoms. The maximum atomic E-state index is 10.4. The van der Waals surface area contributed by atoms with E-state index in [0.717, 1.165) is 0 Å². The van der Waals surface area contributed by atoms with Gasteiger partial charge in [-0.1, -0.05) is 0 Å². The van der Waals surface area contributed by atoms with Gasteiger partial charge in [-0.15, -0.1) is 0 Å². The predicted molar refractivity (Wildman–Crippen MR) is 57.1 cm³/mol. The minimum absolute atomic E-state index is 0.0926. The average Bonchev–Trinajstić information content (AvgIpc) is 2.26. The van der Waals surface area contributed by atoms with E-state index in [1.165, 1.54) is 6.33 Å². The number of carboxylic acids is 1. The zero-order valence-electron chi connectivity index (χ0n) is 8.77. The number of carboxylic acid groups (broad SMARTS) is 1. The monoisotopic (exact) mass is 210 g/mol. The number of aliphatic carboxylic acids is 1. The van der Waals surface area contributed by atoms with Crippen LogP contribution in [-0.2, 0) is 4.79 Å². The van der Waals surface area contributed by atoms with Crippen LogP contribution in [-0.4, -0.2) is 41.7 Å². The molecule has 0 unspecified atom stereocenters. The van der Waals surface area contributed by atoms with Gasteiger partial charge >= 0.3 is 5.97 Å². The highest BCUT2D eigenvalue weighted by molar-refractivity contribution is 5.67. The van der Waals surface area contributed by atoms with Crippen LogP contribution in [0.25, 0.3) is 0 Å². The van der Waals surface area contributed by atoms with Crippen molar-refractivity contribution in [3.8, 4) is 0 Å². The van der Waals surface area contributed by atoms with E-state index in [0.29, 0.717) is 18.2 Å². The van der Waals surface area contributed by atoms with Crippen LogP contribution in [0.4, 0.5) is 11.6 Å². The van der Waals surface area contributed by atoms with Gasteiger partial charge in [-0.2, -0.15) is 0 Å². The van der Waals surface area contributed by atoms with E-state index < -0.39 is 5.97 Å². The molecule has 82 valence electrons. The molecule has 0 saturated heterocycles. The van der Waals surface area contributed by atoms with Crippen molar-refractivity contribution in [1.82, 2.24) is 9.97 Å². The number of anilines is 2. The minimum Gasteiger partial charge on any atom is -0.481 e. The molecule has 1 aromatic heterocycles. The molecule has 1 aromatic rings. The Morgan fingerprint density at radius 1 is 1.60 bits per heavy atom. The lowest BCUT2D eigenvalue weighted by Crippen LogP contribution is -2.22. The van der Waals surface area contributed by atoms with Crippen LogP contribution in [0.2, 0.25) is 0 Å². The molecule has 0 radical (unpaired) electrons. The fourth-order valence-corrected chi connectivity index (χ4v) is 1.07. The first-order chi connectivity index (χ1) is 7.13. The lowest BCUT2D eigenvalue weighted by Gasteiger charge is -2.16. The SMILES string of the molecule is CNc1cc(N(C)CCC(=O)O)ncn1. The number of rotatable bonds is 5. The van der Waals surface area contributed by atoms with E-state index in [1.54, 1.807) is 25.1 Å². The van der Waals surface area contributed by atoms with Gasteiger partial charge in [-0.3, -0.25) is 4.79 Å². The fraction of sp³-hybridized carbons (Fsp3) is 0.444. The van der Waals surface area contributed by atoms with Crippen molar-refractivity contribution in [2.75, 3.05) is 30.9 Å². The normalized spacial score (nSPS) is 9.73. The maximum Gasteiger partial charge on any atom is 0.305 e. The van der Waals surface area contributed by atoms with Gasteiger partial charge in [0.05, 0.1) is 6.42 Å². The highest BCUT2D eigenvalue weighted by Gasteiger charge is 2.05. The van der Waals surface area contributed by atoms with Gasteiger partial charge in [0, 0.05) is 26.7 Å². The number of nitrogens with one attached hydrogen (secondary N) is 1. The molecule has 6 heteroatoms. The second-order valence-electron chi connectivity index (χ2n) is 3.08. The standard InChI is InChI=1S/C9H14N4O2/c1-10-7-5-8(12-6-11-7)13(2)4-3-9(14)15/h5-6H,3-4H2,1-2H3,(H,14,15)(H,10,11,12). The van der Waals surface area contributed by atoms with Crippen molar-refractivity contribution in [1.29, 1.82) is 0 Å². The number of aromatic nitrogens is 2. The second kappa shape index (κ2) is 5.14. The third-order valence-corrected chi connectivity index (χ3v) is 1.96. The molecular formula is C9H14N4O2. The molecule has 0 bridgehead atoms. The minimum atomic E-state index is -0.815. The number of hydrogen-bond acceptors (Lipinski definition) is 5. The molecule has 1 rings (SSSR count). The largest absolute Gasteiger partial charge is 0.481 e. The first kappa shape index (κ1) is 11.2. The van der Waals surface area contributed by atoms with Gasteiger partial charge in [0.1, 0.15) is 18.0 Å². The summed E-state index contributed by atoms with van der Waals surface area (Å²) in [4.78, 5) is 20.2. The zero-order chi connectivity index (χ0) is 11.3. The smallest absolute Gasteiger partial charge is 0.305 e.